The van der Waals surface area contributed by atoms with Crippen LogP contribution in [0.3, 0.4) is 0 Å². The van der Waals surface area contributed by atoms with Crippen LogP contribution in [0.1, 0.15) is 5.76 Å². The number of rotatable bonds is 4. The summed E-state index contributed by atoms with van der Waals surface area (Å²) in [5.74, 6) is 1.52. The van der Waals surface area contributed by atoms with Crippen molar-refractivity contribution in [2.75, 3.05) is 17.6 Å². The molecule has 2 heterocycles. The molecule has 0 radical (unpaired) electrons. The molecule has 0 aliphatic carbocycles. The maximum Gasteiger partial charge on any atom is 0.222 e. The molecular weight excluding hydrogens is 192 g/mol. The number of hydrogen-bond donors (Lipinski definition) is 2. The number of furan rings is 1. The topological polar surface area (TPSA) is 77.0 Å². The van der Waals surface area contributed by atoms with Gasteiger partial charge in [0, 0.05) is 13.0 Å². The number of anilines is 2. The Morgan fingerprint density at radius 3 is 2.80 bits per heavy atom. The van der Waals surface area contributed by atoms with E-state index < -0.39 is 0 Å². The van der Waals surface area contributed by atoms with Crippen LogP contribution in [0.15, 0.2) is 35.2 Å². The van der Waals surface area contributed by atoms with E-state index in [9.17, 15) is 0 Å². The zero-order valence-electron chi connectivity index (χ0n) is 8.18. The zero-order chi connectivity index (χ0) is 10.5. The molecule has 5 heteroatoms. The highest BCUT2D eigenvalue weighted by Gasteiger charge is 1.97. The summed E-state index contributed by atoms with van der Waals surface area (Å²) in [6.07, 6.45) is 5.61. The molecule has 0 unspecified atom stereocenters. The van der Waals surface area contributed by atoms with Crippen molar-refractivity contribution in [1.82, 2.24) is 9.97 Å². The lowest BCUT2D eigenvalue weighted by Gasteiger charge is -2.02. The Balaban J connectivity index is 1.81. The molecule has 0 fully saturated rings. The predicted molar refractivity (Wildman–Crippen MR) is 57.3 cm³/mol. The Morgan fingerprint density at radius 2 is 2.13 bits per heavy atom. The average molecular weight is 204 g/mol. The molecule has 0 atom stereocenters. The first-order chi connectivity index (χ1) is 7.34. The van der Waals surface area contributed by atoms with Crippen LogP contribution in [0.25, 0.3) is 0 Å². The molecule has 0 saturated carbocycles. The summed E-state index contributed by atoms with van der Waals surface area (Å²) >= 11 is 0. The molecule has 0 aromatic carbocycles. The highest BCUT2D eigenvalue weighted by atomic mass is 16.3. The Morgan fingerprint density at radius 1 is 1.33 bits per heavy atom. The molecule has 0 spiro atoms. The number of nitrogens with zero attached hydrogens (tertiary/aromatic N) is 2. The third-order valence-electron chi connectivity index (χ3n) is 1.91. The van der Waals surface area contributed by atoms with E-state index in [1.165, 1.54) is 0 Å². The van der Waals surface area contributed by atoms with E-state index in [1.807, 2.05) is 12.1 Å². The Bertz CT molecular complexity index is 396. The monoisotopic (exact) mass is 204 g/mol. The minimum absolute atomic E-state index is 0.562. The smallest absolute Gasteiger partial charge is 0.222 e. The molecule has 2 aromatic heterocycles. The van der Waals surface area contributed by atoms with Gasteiger partial charge in [-0.05, 0) is 12.1 Å². The second-order valence-electron chi connectivity index (χ2n) is 3.10. The van der Waals surface area contributed by atoms with Crippen LogP contribution in [0.5, 0.6) is 0 Å². The van der Waals surface area contributed by atoms with E-state index in [1.54, 1.807) is 18.7 Å². The summed E-state index contributed by atoms with van der Waals surface area (Å²) in [5.41, 5.74) is 6.03. The minimum Gasteiger partial charge on any atom is -0.469 e. The van der Waals surface area contributed by atoms with Crippen LogP contribution in [0.2, 0.25) is 0 Å². The zero-order valence-corrected chi connectivity index (χ0v) is 8.18. The van der Waals surface area contributed by atoms with Crippen molar-refractivity contribution in [1.29, 1.82) is 0 Å². The summed E-state index contributed by atoms with van der Waals surface area (Å²) in [6.45, 7) is 0.734. The SMILES string of the molecule is Nc1cnc(NCCc2ccco2)nc1. The highest BCUT2D eigenvalue weighted by Crippen LogP contribution is 2.03. The van der Waals surface area contributed by atoms with E-state index >= 15 is 0 Å². The first-order valence-corrected chi connectivity index (χ1v) is 4.68. The molecule has 2 rings (SSSR count). The van der Waals surface area contributed by atoms with Crippen LogP contribution >= 0.6 is 0 Å². The fourth-order valence-corrected chi connectivity index (χ4v) is 1.18. The highest BCUT2D eigenvalue weighted by molar-refractivity contribution is 5.35. The molecule has 0 aliphatic rings. The Hall–Kier alpha value is -2.04. The van der Waals surface area contributed by atoms with Gasteiger partial charge in [-0.25, -0.2) is 9.97 Å². The minimum atomic E-state index is 0.562. The van der Waals surface area contributed by atoms with Gasteiger partial charge in [0.1, 0.15) is 5.76 Å². The van der Waals surface area contributed by atoms with Crippen LogP contribution < -0.4 is 11.1 Å². The third kappa shape index (κ3) is 2.70. The second-order valence-corrected chi connectivity index (χ2v) is 3.10. The first-order valence-electron chi connectivity index (χ1n) is 4.68. The summed E-state index contributed by atoms with van der Waals surface area (Å²) < 4.78 is 5.19. The van der Waals surface area contributed by atoms with Gasteiger partial charge in [-0.3, -0.25) is 0 Å². The number of nitrogen functional groups attached to an aromatic ring is 1. The van der Waals surface area contributed by atoms with Crippen molar-refractivity contribution in [3.8, 4) is 0 Å². The average Bonchev–Trinajstić information content (AvgIpc) is 2.74. The van der Waals surface area contributed by atoms with Crippen LogP contribution in [0.4, 0.5) is 11.6 Å². The predicted octanol–water partition coefficient (Wildman–Crippen LogP) is 1.31. The van der Waals surface area contributed by atoms with Crippen molar-refractivity contribution >= 4 is 11.6 Å². The van der Waals surface area contributed by atoms with Crippen molar-refractivity contribution in [3.05, 3.63) is 36.5 Å². The van der Waals surface area contributed by atoms with Crippen LogP contribution in [0, 0.1) is 0 Å². The Labute approximate surface area is 87.3 Å². The van der Waals surface area contributed by atoms with E-state index in [4.69, 9.17) is 10.2 Å². The van der Waals surface area contributed by atoms with Gasteiger partial charge in [-0.2, -0.15) is 0 Å². The third-order valence-corrected chi connectivity index (χ3v) is 1.91. The quantitative estimate of drug-likeness (QED) is 0.785. The van der Waals surface area contributed by atoms with Gasteiger partial charge in [0.2, 0.25) is 5.95 Å². The van der Waals surface area contributed by atoms with Crippen molar-refractivity contribution in [2.45, 2.75) is 6.42 Å². The van der Waals surface area contributed by atoms with Crippen LogP contribution in [-0.4, -0.2) is 16.5 Å². The lowest BCUT2D eigenvalue weighted by Crippen LogP contribution is -2.07. The number of nitrogens with one attached hydrogen (secondary N) is 1. The number of hydrogen-bond acceptors (Lipinski definition) is 5. The second kappa shape index (κ2) is 4.45. The molecule has 0 saturated heterocycles. The van der Waals surface area contributed by atoms with E-state index in [0.717, 1.165) is 18.7 Å². The molecule has 0 bridgehead atoms. The van der Waals surface area contributed by atoms with Gasteiger partial charge in [0.15, 0.2) is 0 Å². The molecular formula is C10H12N4O. The first kappa shape index (κ1) is 9.51. The van der Waals surface area contributed by atoms with E-state index in [-0.39, 0.29) is 0 Å². The lowest BCUT2D eigenvalue weighted by atomic mass is 10.3. The van der Waals surface area contributed by atoms with Gasteiger partial charge >= 0.3 is 0 Å². The van der Waals surface area contributed by atoms with Gasteiger partial charge in [0.25, 0.3) is 0 Å². The fraction of sp³-hybridized carbons (Fsp3) is 0.200. The standard InChI is InChI=1S/C10H12N4O/c11-8-6-13-10(14-7-8)12-4-3-9-2-1-5-15-9/h1-2,5-7H,3-4,11H2,(H,12,13,14). The summed E-state index contributed by atoms with van der Waals surface area (Å²) in [7, 11) is 0. The summed E-state index contributed by atoms with van der Waals surface area (Å²) in [4.78, 5) is 8.04. The summed E-state index contributed by atoms with van der Waals surface area (Å²) in [5, 5.41) is 3.07. The molecule has 78 valence electrons. The van der Waals surface area contributed by atoms with Gasteiger partial charge in [0.05, 0.1) is 24.3 Å². The number of nitrogens with two attached hydrogens (primary N) is 1. The molecule has 3 N–H and O–H groups in total. The van der Waals surface area contributed by atoms with E-state index in [0.29, 0.717) is 11.6 Å². The molecule has 2 aromatic rings. The fourth-order valence-electron chi connectivity index (χ4n) is 1.18. The normalized spacial score (nSPS) is 10.1. The van der Waals surface area contributed by atoms with Gasteiger partial charge in [-0.1, -0.05) is 0 Å². The summed E-state index contributed by atoms with van der Waals surface area (Å²) in [6, 6.07) is 3.81. The van der Waals surface area contributed by atoms with Crippen LogP contribution in [-0.2, 0) is 6.42 Å². The lowest BCUT2D eigenvalue weighted by molar-refractivity contribution is 0.512. The van der Waals surface area contributed by atoms with Crippen molar-refractivity contribution < 1.29 is 4.42 Å². The van der Waals surface area contributed by atoms with Crippen molar-refractivity contribution in [3.63, 3.8) is 0 Å². The molecule has 5 nitrogen and oxygen atoms in total. The molecule has 0 amide bonds. The largest absolute Gasteiger partial charge is 0.469 e. The number of aromatic nitrogens is 2. The maximum atomic E-state index is 5.46. The maximum absolute atomic E-state index is 5.46. The Kier molecular flexibility index (Phi) is 2.82. The van der Waals surface area contributed by atoms with E-state index in [2.05, 4.69) is 15.3 Å². The molecule has 0 aliphatic heterocycles. The molecule has 15 heavy (non-hydrogen) atoms. The van der Waals surface area contributed by atoms with Gasteiger partial charge < -0.3 is 15.5 Å². The van der Waals surface area contributed by atoms with Gasteiger partial charge in [-0.15, -0.1) is 0 Å². The van der Waals surface area contributed by atoms with Crippen molar-refractivity contribution in [2.24, 2.45) is 0 Å².